The third-order valence-corrected chi connectivity index (χ3v) is 9.28. The molecule has 0 bridgehead atoms. The lowest BCUT2D eigenvalue weighted by atomic mass is 9.78. The van der Waals surface area contributed by atoms with Crippen molar-refractivity contribution in [1.82, 2.24) is 9.88 Å². The van der Waals surface area contributed by atoms with Gasteiger partial charge in [-0.05, 0) is 79.0 Å². The smallest absolute Gasteiger partial charge is 0.244 e. The Kier molecular flexibility index (Phi) is 6.25. The van der Waals surface area contributed by atoms with Gasteiger partial charge in [0.15, 0.2) is 0 Å². The molecular weight excluding hydrogens is 508 g/mol. The van der Waals surface area contributed by atoms with Crippen LogP contribution in [0.4, 0.5) is 11.5 Å². The standard InChI is InChI=1S/C31H32N4O3S/c1-30(2)13-12-25(19-7-10-23(39-3)11-8-19)35(29(30)38)18-26(36)33-22-9-6-20-16-31(17-21(20)15-22)24-5-4-14-32-27(24)34-28(31)37/h4-11,14-15,25H,12-13,16-18H2,1-3H3,(H,33,36)(H,32,34,37). The minimum absolute atomic E-state index is 0.00161. The largest absolute Gasteiger partial charge is 0.326 e. The summed E-state index contributed by atoms with van der Waals surface area (Å²) in [5, 5.41) is 5.95. The highest BCUT2D eigenvalue weighted by Crippen LogP contribution is 2.47. The lowest BCUT2D eigenvalue weighted by molar-refractivity contribution is -0.150. The lowest BCUT2D eigenvalue weighted by Gasteiger charge is -2.43. The van der Waals surface area contributed by atoms with Crippen LogP contribution in [0.1, 0.15) is 55.0 Å². The molecule has 1 fully saturated rings. The van der Waals surface area contributed by atoms with Crippen LogP contribution in [0.15, 0.2) is 65.7 Å². The minimum Gasteiger partial charge on any atom is -0.326 e. The van der Waals surface area contributed by atoms with E-state index in [0.29, 0.717) is 24.3 Å². The van der Waals surface area contributed by atoms with Crippen molar-refractivity contribution < 1.29 is 14.4 Å². The topological polar surface area (TPSA) is 91.4 Å². The molecule has 3 aliphatic rings. The summed E-state index contributed by atoms with van der Waals surface area (Å²) >= 11 is 1.68. The van der Waals surface area contributed by atoms with Crippen LogP contribution in [0.25, 0.3) is 0 Å². The van der Waals surface area contributed by atoms with Crippen LogP contribution >= 0.6 is 11.8 Å². The van der Waals surface area contributed by atoms with E-state index < -0.39 is 10.8 Å². The third-order valence-electron chi connectivity index (χ3n) is 8.54. The summed E-state index contributed by atoms with van der Waals surface area (Å²) in [5.74, 6) is 0.377. The van der Waals surface area contributed by atoms with Gasteiger partial charge in [-0.1, -0.05) is 38.1 Å². The number of nitrogens with one attached hydrogen (secondary N) is 2. The van der Waals surface area contributed by atoms with Crippen LogP contribution in [0.2, 0.25) is 0 Å². The highest BCUT2D eigenvalue weighted by Gasteiger charge is 2.51. The fourth-order valence-electron chi connectivity index (χ4n) is 6.35. The molecule has 3 heterocycles. The fraction of sp³-hybridized carbons (Fsp3) is 0.355. The van der Waals surface area contributed by atoms with Crippen molar-refractivity contribution in [2.24, 2.45) is 5.41 Å². The zero-order chi connectivity index (χ0) is 27.4. The Labute approximate surface area is 232 Å². The Morgan fingerprint density at radius 1 is 1.10 bits per heavy atom. The second-order valence-electron chi connectivity index (χ2n) is 11.5. The fourth-order valence-corrected chi connectivity index (χ4v) is 6.75. The van der Waals surface area contributed by atoms with Crippen molar-refractivity contribution >= 4 is 41.0 Å². The molecule has 2 unspecified atom stereocenters. The van der Waals surface area contributed by atoms with Gasteiger partial charge in [0.05, 0.1) is 11.5 Å². The van der Waals surface area contributed by atoms with Gasteiger partial charge in [0, 0.05) is 27.8 Å². The van der Waals surface area contributed by atoms with Crippen molar-refractivity contribution in [3.05, 3.63) is 83.0 Å². The normalized spacial score (nSPS) is 22.9. The van der Waals surface area contributed by atoms with E-state index in [-0.39, 0.29) is 30.3 Å². The summed E-state index contributed by atoms with van der Waals surface area (Å²) in [4.78, 5) is 47.0. The number of pyridine rings is 1. The molecule has 6 rings (SSSR count). The zero-order valence-corrected chi connectivity index (χ0v) is 23.2. The second-order valence-corrected chi connectivity index (χ2v) is 12.3. The van der Waals surface area contributed by atoms with Gasteiger partial charge in [-0.3, -0.25) is 14.4 Å². The van der Waals surface area contributed by atoms with E-state index in [1.807, 2.05) is 50.4 Å². The highest BCUT2D eigenvalue weighted by molar-refractivity contribution is 7.98. The quantitative estimate of drug-likeness (QED) is 0.439. The van der Waals surface area contributed by atoms with Gasteiger partial charge in [-0.2, -0.15) is 0 Å². The molecule has 39 heavy (non-hydrogen) atoms. The number of carbonyl (C=O) groups excluding carboxylic acids is 3. The number of rotatable bonds is 5. The van der Waals surface area contributed by atoms with E-state index in [1.165, 1.54) is 4.90 Å². The molecule has 3 amide bonds. The molecule has 0 saturated carbocycles. The van der Waals surface area contributed by atoms with Crippen molar-refractivity contribution in [2.45, 2.75) is 55.9 Å². The SMILES string of the molecule is CSc1ccc(C2CCC(C)(C)C(=O)N2CC(=O)Nc2ccc3c(c2)CC2(C3)C(=O)Nc3ncccc32)cc1. The van der Waals surface area contributed by atoms with Crippen LogP contribution in [0, 0.1) is 5.41 Å². The summed E-state index contributed by atoms with van der Waals surface area (Å²) < 4.78 is 0. The third kappa shape index (κ3) is 4.40. The Balaban J connectivity index is 1.20. The van der Waals surface area contributed by atoms with Gasteiger partial charge in [-0.15, -0.1) is 11.8 Å². The van der Waals surface area contributed by atoms with Gasteiger partial charge in [-0.25, -0.2) is 4.98 Å². The molecule has 2 aliphatic heterocycles. The van der Waals surface area contributed by atoms with Crippen molar-refractivity contribution in [3.8, 4) is 0 Å². The van der Waals surface area contributed by atoms with Crippen molar-refractivity contribution in [1.29, 1.82) is 0 Å². The molecule has 2 atom stereocenters. The van der Waals surface area contributed by atoms with Gasteiger partial charge in [0.25, 0.3) is 0 Å². The molecular formula is C31H32N4O3S. The number of nitrogens with zero attached hydrogens (tertiary/aromatic N) is 2. The second kappa shape index (κ2) is 9.52. The maximum Gasteiger partial charge on any atom is 0.244 e. The molecule has 8 heteroatoms. The number of piperidine rings is 1. The number of carbonyl (C=O) groups is 3. The van der Waals surface area contributed by atoms with E-state index in [1.54, 1.807) is 22.9 Å². The van der Waals surface area contributed by atoms with Gasteiger partial charge in [0.2, 0.25) is 17.7 Å². The zero-order valence-electron chi connectivity index (χ0n) is 22.4. The molecule has 1 aromatic heterocycles. The summed E-state index contributed by atoms with van der Waals surface area (Å²) in [6, 6.07) is 17.8. The Hall–Kier alpha value is -3.65. The predicted molar refractivity (Wildman–Crippen MR) is 153 cm³/mol. The Bertz CT molecular complexity index is 1490. The minimum atomic E-state index is -0.653. The summed E-state index contributed by atoms with van der Waals surface area (Å²) in [5.41, 5.74) is 3.63. The molecule has 1 aliphatic carbocycles. The van der Waals surface area contributed by atoms with Crippen LogP contribution in [-0.2, 0) is 32.6 Å². The first-order valence-corrected chi connectivity index (χ1v) is 14.6. The number of aromatic nitrogens is 1. The average Bonchev–Trinajstić information content (AvgIpc) is 3.44. The first-order valence-electron chi connectivity index (χ1n) is 13.3. The maximum absolute atomic E-state index is 13.5. The van der Waals surface area contributed by atoms with Crippen LogP contribution in [0.3, 0.4) is 0 Å². The van der Waals surface area contributed by atoms with Gasteiger partial charge in [0.1, 0.15) is 12.4 Å². The monoisotopic (exact) mass is 540 g/mol. The molecule has 7 nitrogen and oxygen atoms in total. The lowest BCUT2D eigenvalue weighted by Crippen LogP contribution is -2.50. The Morgan fingerprint density at radius 3 is 2.64 bits per heavy atom. The Morgan fingerprint density at radius 2 is 1.87 bits per heavy atom. The van der Waals surface area contributed by atoms with Crippen LogP contribution < -0.4 is 10.6 Å². The highest BCUT2D eigenvalue weighted by atomic mass is 32.2. The maximum atomic E-state index is 13.5. The van der Waals surface area contributed by atoms with Crippen LogP contribution in [0.5, 0.6) is 0 Å². The molecule has 200 valence electrons. The van der Waals surface area contributed by atoms with Crippen molar-refractivity contribution in [3.63, 3.8) is 0 Å². The predicted octanol–water partition coefficient (Wildman–Crippen LogP) is 5.12. The number of amides is 3. The number of benzene rings is 2. The van der Waals surface area contributed by atoms with Gasteiger partial charge < -0.3 is 15.5 Å². The van der Waals surface area contributed by atoms with Crippen LogP contribution in [-0.4, -0.2) is 40.4 Å². The molecule has 2 aromatic carbocycles. The molecule has 1 spiro atoms. The molecule has 2 N–H and O–H groups in total. The molecule has 1 saturated heterocycles. The van der Waals surface area contributed by atoms with E-state index >= 15 is 0 Å². The molecule has 3 aromatic rings. The first-order chi connectivity index (χ1) is 18.7. The summed E-state index contributed by atoms with van der Waals surface area (Å²) in [6.07, 6.45) is 6.47. The van der Waals surface area contributed by atoms with E-state index in [4.69, 9.17) is 0 Å². The number of likely N-dealkylation sites (tertiary alicyclic amines) is 1. The summed E-state index contributed by atoms with van der Waals surface area (Å²) in [7, 11) is 0. The van der Waals surface area contributed by atoms with E-state index in [9.17, 15) is 14.4 Å². The number of thioether (sulfide) groups is 1. The first kappa shape index (κ1) is 25.6. The van der Waals surface area contributed by atoms with Crippen molar-refractivity contribution in [2.75, 3.05) is 23.4 Å². The number of anilines is 2. The van der Waals surface area contributed by atoms with E-state index in [2.05, 4.69) is 39.9 Å². The van der Waals surface area contributed by atoms with E-state index in [0.717, 1.165) is 35.1 Å². The van der Waals surface area contributed by atoms with Gasteiger partial charge >= 0.3 is 0 Å². The average molecular weight is 541 g/mol. The summed E-state index contributed by atoms with van der Waals surface area (Å²) in [6.45, 7) is 3.90. The molecule has 0 radical (unpaired) electrons. The number of hydrogen-bond donors (Lipinski definition) is 2. The number of fused-ring (bicyclic) bond motifs is 3. The number of hydrogen-bond acceptors (Lipinski definition) is 5.